The van der Waals surface area contributed by atoms with Crippen LogP contribution in [-0.2, 0) is 21.4 Å². The van der Waals surface area contributed by atoms with Gasteiger partial charge >= 0.3 is 0 Å². The zero-order chi connectivity index (χ0) is 22.7. The second-order valence-electron chi connectivity index (χ2n) is 7.31. The van der Waals surface area contributed by atoms with Gasteiger partial charge in [0, 0.05) is 30.5 Å². The van der Waals surface area contributed by atoms with Crippen molar-refractivity contribution in [3.05, 3.63) is 48.5 Å². The summed E-state index contributed by atoms with van der Waals surface area (Å²) in [5.41, 5.74) is 0.494. The number of nitrogens with zero attached hydrogens (tertiary/aromatic N) is 5. The first-order chi connectivity index (χ1) is 15.4. The first-order valence-electron chi connectivity index (χ1n) is 10.2. The number of sulfonamides is 1. The summed E-state index contributed by atoms with van der Waals surface area (Å²) >= 11 is 1.35. The SMILES string of the molecule is CCn1c(S[C@@H](C)C(=O)Nc2ccc(S(=O)(=O)Nc3ncccn3)cc2)nnc1C1CC1. The fraction of sp³-hybridized carbons (Fsp3) is 0.350. The average Bonchev–Trinajstić information content (AvgIpc) is 3.55. The molecule has 0 unspecified atom stereocenters. The highest BCUT2D eigenvalue weighted by atomic mass is 32.2. The highest BCUT2D eigenvalue weighted by Gasteiger charge is 2.30. The van der Waals surface area contributed by atoms with Crippen LogP contribution in [0.4, 0.5) is 11.6 Å². The molecule has 1 aromatic carbocycles. The number of carbonyl (C=O) groups excluding carboxylic acids is 1. The third-order valence-corrected chi connectivity index (χ3v) is 7.30. The number of thioether (sulfide) groups is 1. The van der Waals surface area contributed by atoms with E-state index in [1.807, 2.05) is 6.92 Å². The standard InChI is InChI=1S/C20H23N7O3S2/c1-3-27-17(14-5-6-14)24-25-20(27)31-13(2)18(28)23-15-7-9-16(10-8-15)32(29,30)26-19-21-11-4-12-22-19/h4,7-14H,3,5-6H2,1-2H3,(H,23,28)(H,21,22,26)/t13-/m0/s1. The fourth-order valence-corrected chi connectivity index (χ4v) is 4.91. The van der Waals surface area contributed by atoms with Crippen LogP contribution >= 0.6 is 11.8 Å². The van der Waals surface area contributed by atoms with Crippen molar-refractivity contribution >= 4 is 39.3 Å². The summed E-state index contributed by atoms with van der Waals surface area (Å²) in [5.74, 6) is 1.26. The quantitative estimate of drug-likeness (QED) is 0.454. The Hall–Kier alpha value is -2.99. The maximum absolute atomic E-state index is 12.7. The predicted molar refractivity (Wildman–Crippen MR) is 121 cm³/mol. The molecule has 32 heavy (non-hydrogen) atoms. The highest BCUT2D eigenvalue weighted by molar-refractivity contribution is 8.00. The monoisotopic (exact) mass is 473 g/mol. The molecule has 168 valence electrons. The third kappa shape index (κ3) is 5.07. The molecule has 4 rings (SSSR count). The molecule has 12 heteroatoms. The summed E-state index contributed by atoms with van der Waals surface area (Å²) in [7, 11) is -3.83. The largest absolute Gasteiger partial charge is 0.325 e. The van der Waals surface area contributed by atoms with Crippen molar-refractivity contribution in [1.29, 1.82) is 0 Å². The van der Waals surface area contributed by atoms with Crippen molar-refractivity contribution in [2.75, 3.05) is 10.0 Å². The lowest BCUT2D eigenvalue weighted by atomic mass is 10.3. The first kappa shape index (κ1) is 22.2. The number of hydrogen-bond donors (Lipinski definition) is 2. The number of aromatic nitrogens is 5. The molecular formula is C20H23N7O3S2. The van der Waals surface area contributed by atoms with Gasteiger partial charge in [-0.1, -0.05) is 11.8 Å². The molecule has 0 spiro atoms. The number of anilines is 2. The van der Waals surface area contributed by atoms with E-state index in [1.165, 1.54) is 48.4 Å². The lowest BCUT2D eigenvalue weighted by Crippen LogP contribution is -2.23. The molecule has 2 N–H and O–H groups in total. The van der Waals surface area contributed by atoms with Gasteiger partial charge in [-0.25, -0.2) is 23.1 Å². The van der Waals surface area contributed by atoms with E-state index in [2.05, 4.69) is 34.8 Å². The lowest BCUT2D eigenvalue weighted by molar-refractivity contribution is -0.115. The summed E-state index contributed by atoms with van der Waals surface area (Å²) in [6, 6.07) is 7.49. The molecule has 2 heterocycles. The minimum atomic E-state index is -3.83. The van der Waals surface area contributed by atoms with Crippen LogP contribution in [0.3, 0.4) is 0 Å². The molecule has 1 fully saturated rings. The molecule has 1 saturated carbocycles. The minimum absolute atomic E-state index is 0.0134. The number of carbonyl (C=O) groups is 1. The Bertz CT molecular complexity index is 1190. The van der Waals surface area contributed by atoms with Crippen molar-refractivity contribution in [2.24, 2.45) is 0 Å². The highest BCUT2D eigenvalue weighted by Crippen LogP contribution is 2.40. The van der Waals surface area contributed by atoms with Gasteiger partial charge in [0.1, 0.15) is 5.82 Å². The number of amides is 1. The Morgan fingerprint density at radius 1 is 1.19 bits per heavy atom. The zero-order valence-electron chi connectivity index (χ0n) is 17.6. The van der Waals surface area contributed by atoms with Crippen molar-refractivity contribution < 1.29 is 13.2 Å². The summed E-state index contributed by atoms with van der Waals surface area (Å²) < 4.78 is 29.3. The van der Waals surface area contributed by atoms with Crippen molar-refractivity contribution in [2.45, 2.75) is 54.5 Å². The van der Waals surface area contributed by atoms with Crippen LogP contribution in [0, 0.1) is 0 Å². The van der Waals surface area contributed by atoms with E-state index in [4.69, 9.17) is 0 Å². The van der Waals surface area contributed by atoms with Crippen LogP contribution in [0.15, 0.2) is 52.8 Å². The van der Waals surface area contributed by atoms with Crippen molar-refractivity contribution in [3.63, 3.8) is 0 Å². The molecule has 0 bridgehead atoms. The van der Waals surface area contributed by atoms with E-state index < -0.39 is 15.3 Å². The third-order valence-electron chi connectivity index (χ3n) is 4.88. The Balaban J connectivity index is 1.38. The predicted octanol–water partition coefficient (Wildman–Crippen LogP) is 2.89. The van der Waals surface area contributed by atoms with Crippen molar-refractivity contribution in [1.82, 2.24) is 24.7 Å². The average molecular weight is 474 g/mol. The van der Waals surface area contributed by atoms with E-state index >= 15 is 0 Å². The zero-order valence-corrected chi connectivity index (χ0v) is 19.2. The lowest BCUT2D eigenvalue weighted by Gasteiger charge is -2.13. The molecule has 0 radical (unpaired) electrons. The van der Waals surface area contributed by atoms with E-state index in [9.17, 15) is 13.2 Å². The summed E-state index contributed by atoms with van der Waals surface area (Å²) in [6.07, 6.45) is 5.16. The van der Waals surface area contributed by atoms with Crippen molar-refractivity contribution in [3.8, 4) is 0 Å². The normalized spacial score (nSPS) is 14.7. The molecule has 0 aliphatic heterocycles. The number of benzene rings is 1. The molecule has 1 aliphatic rings. The Morgan fingerprint density at radius 3 is 2.50 bits per heavy atom. The molecule has 1 aliphatic carbocycles. The van der Waals surface area contributed by atoms with Gasteiger partial charge in [-0.15, -0.1) is 10.2 Å². The maximum Gasteiger partial charge on any atom is 0.264 e. The van der Waals surface area contributed by atoms with Gasteiger partial charge in [-0.2, -0.15) is 0 Å². The molecule has 0 saturated heterocycles. The van der Waals surface area contributed by atoms with Crippen LogP contribution < -0.4 is 10.0 Å². The van der Waals surface area contributed by atoms with Crippen LogP contribution in [0.1, 0.15) is 38.4 Å². The molecule has 1 amide bonds. The Morgan fingerprint density at radius 2 is 1.88 bits per heavy atom. The van der Waals surface area contributed by atoms with E-state index in [0.717, 1.165) is 30.4 Å². The van der Waals surface area contributed by atoms with Crippen LogP contribution in [0.5, 0.6) is 0 Å². The van der Waals surface area contributed by atoms with E-state index in [1.54, 1.807) is 13.0 Å². The molecule has 1 atom stereocenters. The van der Waals surface area contributed by atoms with Crippen LogP contribution in [0.2, 0.25) is 0 Å². The summed E-state index contributed by atoms with van der Waals surface area (Å²) in [4.78, 5) is 20.4. The van der Waals surface area contributed by atoms with Crippen LogP contribution in [-0.4, -0.2) is 44.3 Å². The minimum Gasteiger partial charge on any atom is -0.325 e. The van der Waals surface area contributed by atoms with Gasteiger partial charge in [-0.3, -0.25) is 4.79 Å². The molecule has 10 nitrogen and oxygen atoms in total. The smallest absolute Gasteiger partial charge is 0.264 e. The second-order valence-corrected chi connectivity index (χ2v) is 10.3. The maximum atomic E-state index is 12.7. The Labute approximate surface area is 190 Å². The van der Waals surface area contributed by atoms with E-state index in [-0.39, 0.29) is 16.8 Å². The molecular weight excluding hydrogens is 450 g/mol. The van der Waals surface area contributed by atoms with Gasteiger partial charge in [0.2, 0.25) is 11.9 Å². The van der Waals surface area contributed by atoms with Gasteiger partial charge in [0.05, 0.1) is 10.1 Å². The van der Waals surface area contributed by atoms with Gasteiger partial charge in [-0.05, 0) is 57.0 Å². The summed E-state index contributed by atoms with van der Waals surface area (Å²) in [6.45, 7) is 4.60. The molecule has 3 aromatic rings. The fourth-order valence-electron chi connectivity index (χ4n) is 3.03. The number of hydrogen-bond acceptors (Lipinski definition) is 8. The van der Waals surface area contributed by atoms with Gasteiger partial charge < -0.3 is 9.88 Å². The molecule has 2 aromatic heterocycles. The summed E-state index contributed by atoms with van der Waals surface area (Å²) in [5, 5.41) is 11.7. The second kappa shape index (κ2) is 9.25. The van der Waals surface area contributed by atoms with Crippen LogP contribution in [0.25, 0.3) is 0 Å². The first-order valence-corrected chi connectivity index (χ1v) is 12.5. The van der Waals surface area contributed by atoms with Gasteiger partial charge in [0.25, 0.3) is 10.0 Å². The van der Waals surface area contributed by atoms with Gasteiger partial charge in [0.15, 0.2) is 5.16 Å². The Kier molecular flexibility index (Phi) is 6.42. The van der Waals surface area contributed by atoms with E-state index in [0.29, 0.717) is 11.6 Å². The number of nitrogens with one attached hydrogen (secondary N) is 2. The number of rotatable bonds is 9. The topological polar surface area (TPSA) is 132 Å².